The van der Waals surface area contributed by atoms with Gasteiger partial charge in [0.15, 0.2) is 0 Å². The third-order valence-electron chi connectivity index (χ3n) is 1.39. The molecule has 1 amide bonds. The molecule has 0 aromatic carbocycles. The van der Waals surface area contributed by atoms with E-state index in [0.717, 1.165) is 0 Å². The zero-order valence-electron chi connectivity index (χ0n) is 6.86. The van der Waals surface area contributed by atoms with Crippen LogP contribution in [0.15, 0.2) is 0 Å². The molecule has 0 spiro atoms. The number of nitrogens with one attached hydrogen (secondary N) is 1. The number of hydrogen-bond donors (Lipinski definition) is 2. The van der Waals surface area contributed by atoms with Gasteiger partial charge in [-0.3, -0.25) is 4.79 Å². The minimum absolute atomic E-state index is 0.870. The summed E-state index contributed by atoms with van der Waals surface area (Å²) < 4.78 is 47.5. The average molecular weight is 202 g/mol. The van der Waals surface area contributed by atoms with Crippen LogP contribution in [0, 0.1) is 0 Å². The van der Waals surface area contributed by atoms with Crippen LogP contribution in [0.25, 0.3) is 0 Å². The van der Waals surface area contributed by atoms with Crippen LogP contribution in [0.2, 0.25) is 0 Å². The predicted octanol–water partition coefficient (Wildman–Crippen LogP) is 0.350. The maximum Gasteiger partial charge on any atom is 0.319 e. The van der Waals surface area contributed by atoms with Gasteiger partial charge in [0.25, 0.3) is 0 Å². The zero-order valence-corrected chi connectivity index (χ0v) is 6.86. The lowest BCUT2D eigenvalue weighted by molar-refractivity contribution is -0.130. The molecule has 0 radical (unpaired) electrons. The van der Waals surface area contributed by atoms with Crippen molar-refractivity contribution in [1.82, 2.24) is 5.32 Å². The minimum atomic E-state index is -4.14. The molecule has 0 aliphatic rings. The lowest BCUT2D eigenvalue weighted by Gasteiger charge is -2.17. The number of primary amides is 1. The van der Waals surface area contributed by atoms with Crippen molar-refractivity contribution in [1.29, 1.82) is 0 Å². The van der Waals surface area contributed by atoms with E-state index in [2.05, 4.69) is 0 Å². The van der Waals surface area contributed by atoms with E-state index < -0.39 is 30.8 Å². The maximum absolute atomic E-state index is 12.2. The van der Waals surface area contributed by atoms with Crippen molar-refractivity contribution in [2.24, 2.45) is 5.73 Å². The lowest BCUT2D eigenvalue weighted by atomic mass is 10.3. The second kappa shape index (κ2) is 4.40. The summed E-state index contributed by atoms with van der Waals surface area (Å²) in [6, 6.07) is -1.05. The summed E-state index contributed by atoms with van der Waals surface area (Å²) in [5, 5.41) is 1.90. The number of hydrogen-bond acceptors (Lipinski definition) is 2. The summed E-state index contributed by atoms with van der Waals surface area (Å²) in [6.45, 7) is -0.0569. The highest BCUT2D eigenvalue weighted by atomic mass is 19.3. The van der Waals surface area contributed by atoms with E-state index in [-0.39, 0.29) is 0 Å². The molecule has 0 aliphatic carbocycles. The summed E-state index contributed by atoms with van der Waals surface area (Å²) >= 11 is 0. The number of halogens is 4. The Labute approximate surface area is 72.3 Å². The largest absolute Gasteiger partial charge is 0.368 e. The van der Waals surface area contributed by atoms with Crippen molar-refractivity contribution in [3.63, 3.8) is 0 Å². The van der Waals surface area contributed by atoms with E-state index in [1.807, 2.05) is 5.32 Å². The van der Waals surface area contributed by atoms with Crippen LogP contribution in [-0.2, 0) is 4.79 Å². The van der Waals surface area contributed by atoms with Crippen molar-refractivity contribution < 1.29 is 22.4 Å². The fourth-order valence-electron chi connectivity index (χ4n) is 0.467. The molecule has 1 unspecified atom stereocenters. The lowest BCUT2D eigenvalue weighted by Crippen LogP contribution is -2.46. The number of nitrogens with two attached hydrogens (primary N) is 1. The van der Waals surface area contributed by atoms with Gasteiger partial charge in [-0.2, -0.15) is 8.78 Å². The van der Waals surface area contributed by atoms with E-state index in [4.69, 9.17) is 5.73 Å². The molecule has 0 saturated carbocycles. The molecule has 78 valence electrons. The number of amides is 1. The normalized spacial score (nSPS) is 14.6. The molecule has 0 heterocycles. The molecule has 0 aromatic heterocycles. The predicted molar refractivity (Wildman–Crippen MR) is 37.6 cm³/mol. The van der Waals surface area contributed by atoms with Crippen LogP contribution in [0.1, 0.15) is 6.92 Å². The first-order valence-corrected chi connectivity index (χ1v) is 3.46. The molecule has 0 bridgehead atoms. The monoisotopic (exact) mass is 202 g/mol. The summed E-state index contributed by atoms with van der Waals surface area (Å²) in [5.74, 6) is -5.01. The molecule has 3 N–H and O–H groups in total. The van der Waals surface area contributed by atoms with Crippen molar-refractivity contribution in [2.75, 3.05) is 6.54 Å². The van der Waals surface area contributed by atoms with Gasteiger partial charge in [-0.1, -0.05) is 0 Å². The third-order valence-corrected chi connectivity index (χ3v) is 1.39. The first-order valence-electron chi connectivity index (χ1n) is 3.46. The molecule has 7 heteroatoms. The van der Waals surface area contributed by atoms with Gasteiger partial charge >= 0.3 is 12.3 Å². The molecular formula is C6H10F4N2O. The van der Waals surface area contributed by atoms with Gasteiger partial charge < -0.3 is 11.1 Å². The third kappa shape index (κ3) is 4.07. The van der Waals surface area contributed by atoms with Gasteiger partial charge in [0.1, 0.15) is 0 Å². The molecule has 0 aliphatic heterocycles. The molecular weight excluding hydrogens is 192 g/mol. The van der Waals surface area contributed by atoms with Crippen LogP contribution in [-0.4, -0.2) is 30.8 Å². The Kier molecular flexibility index (Phi) is 4.12. The van der Waals surface area contributed by atoms with Gasteiger partial charge in [0.05, 0.1) is 12.6 Å². The van der Waals surface area contributed by atoms with Crippen molar-refractivity contribution in [2.45, 2.75) is 25.3 Å². The quantitative estimate of drug-likeness (QED) is 0.632. The molecule has 0 rings (SSSR count). The number of rotatable bonds is 5. The SMILES string of the molecule is CC(NCC(F)(F)C(F)F)C(N)=O. The Morgan fingerprint density at radius 1 is 1.54 bits per heavy atom. The van der Waals surface area contributed by atoms with Gasteiger partial charge in [0, 0.05) is 0 Å². The average Bonchev–Trinajstić information content (AvgIpc) is 1.99. The molecule has 3 nitrogen and oxygen atoms in total. The maximum atomic E-state index is 12.2. The number of carbonyl (C=O) groups excluding carboxylic acids is 1. The fourth-order valence-corrected chi connectivity index (χ4v) is 0.467. The smallest absolute Gasteiger partial charge is 0.319 e. The van der Waals surface area contributed by atoms with E-state index >= 15 is 0 Å². The molecule has 1 atom stereocenters. The Morgan fingerprint density at radius 2 is 2.00 bits per heavy atom. The van der Waals surface area contributed by atoms with E-state index in [9.17, 15) is 22.4 Å². The van der Waals surface area contributed by atoms with Gasteiger partial charge in [0.2, 0.25) is 5.91 Å². The Bertz CT molecular complexity index is 185. The second-order valence-electron chi connectivity index (χ2n) is 2.57. The molecule has 0 fully saturated rings. The Morgan fingerprint density at radius 3 is 2.31 bits per heavy atom. The fraction of sp³-hybridized carbons (Fsp3) is 0.833. The van der Waals surface area contributed by atoms with Crippen LogP contribution >= 0.6 is 0 Å². The highest BCUT2D eigenvalue weighted by Gasteiger charge is 2.40. The topological polar surface area (TPSA) is 55.1 Å². The standard InChI is InChI=1S/C6H10F4N2O/c1-3(4(11)13)12-2-6(9,10)5(7)8/h3,5,12H,2H2,1H3,(H2,11,13). The zero-order chi connectivity index (χ0) is 10.6. The van der Waals surface area contributed by atoms with Crippen LogP contribution < -0.4 is 11.1 Å². The van der Waals surface area contributed by atoms with Crippen molar-refractivity contribution in [3.8, 4) is 0 Å². The van der Waals surface area contributed by atoms with Crippen molar-refractivity contribution in [3.05, 3.63) is 0 Å². The Hall–Kier alpha value is -0.850. The van der Waals surface area contributed by atoms with E-state index in [1.165, 1.54) is 6.92 Å². The summed E-state index contributed by atoms with van der Waals surface area (Å²) in [5.41, 5.74) is 4.71. The van der Waals surface area contributed by atoms with Crippen LogP contribution in [0.5, 0.6) is 0 Å². The van der Waals surface area contributed by atoms with Gasteiger partial charge in [-0.05, 0) is 6.92 Å². The second-order valence-corrected chi connectivity index (χ2v) is 2.57. The van der Waals surface area contributed by atoms with Gasteiger partial charge in [-0.25, -0.2) is 8.78 Å². The highest BCUT2D eigenvalue weighted by molar-refractivity contribution is 5.79. The molecule has 0 aromatic rings. The first-order chi connectivity index (χ1) is 5.77. The molecule has 0 saturated heterocycles. The van der Waals surface area contributed by atoms with Crippen LogP contribution in [0.3, 0.4) is 0 Å². The van der Waals surface area contributed by atoms with E-state index in [1.54, 1.807) is 0 Å². The highest BCUT2D eigenvalue weighted by Crippen LogP contribution is 2.21. The summed E-state index contributed by atoms with van der Waals surface area (Å²) in [7, 11) is 0. The first kappa shape index (κ1) is 12.2. The summed E-state index contributed by atoms with van der Waals surface area (Å²) in [4.78, 5) is 10.3. The molecule has 13 heavy (non-hydrogen) atoms. The minimum Gasteiger partial charge on any atom is -0.368 e. The van der Waals surface area contributed by atoms with Crippen molar-refractivity contribution >= 4 is 5.91 Å². The number of alkyl halides is 4. The van der Waals surface area contributed by atoms with E-state index in [0.29, 0.717) is 0 Å². The Balaban J connectivity index is 3.95. The number of carbonyl (C=O) groups is 1. The van der Waals surface area contributed by atoms with Crippen LogP contribution in [0.4, 0.5) is 17.6 Å². The summed E-state index contributed by atoms with van der Waals surface area (Å²) in [6.07, 6.45) is -3.75. The van der Waals surface area contributed by atoms with Gasteiger partial charge in [-0.15, -0.1) is 0 Å².